The van der Waals surface area contributed by atoms with E-state index in [9.17, 15) is 9.59 Å². The summed E-state index contributed by atoms with van der Waals surface area (Å²) in [6, 6.07) is 1.83. The van der Waals surface area contributed by atoms with Gasteiger partial charge in [-0.1, -0.05) is 43.1 Å². The summed E-state index contributed by atoms with van der Waals surface area (Å²) in [5, 5.41) is 6.68. The quantitative estimate of drug-likeness (QED) is 0.257. The van der Waals surface area contributed by atoms with Crippen LogP contribution in [-0.4, -0.2) is 70.8 Å². The van der Waals surface area contributed by atoms with Gasteiger partial charge in [0.15, 0.2) is 5.16 Å². The molecule has 0 saturated carbocycles. The van der Waals surface area contributed by atoms with Gasteiger partial charge < -0.3 is 20.4 Å². The summed E-state index contributed by atoms with van der Waals surface area (Å²) in [6.07, 6.45) is 3.22. The van der Waals surface area contributed by atoms with E-state index in [1.807, 2.05) is 25.7 Å². The first-order chi connectivity index (χ1) is 14.3. The van der Waals surface area contributed by atoms with Crippen LogP contribution in [0.5, 0.6) is 0 Å². The fourth-order valence-corrected chi connectivity index (χ4v) is 4.10. The van der Waals surface area contributed by atoms with Crippen molar-refractivity contribution >= 4 is 41.1 Å². The molecule has 0 aromatic carbocycles. The van der Waals surface area contributed by atoms with E-state index < -0.39 is 0 Å². The van der Waals surface area contributed by atoms with Crippen LogP contribution >= 0.6 is 23.4 Å². The lowest BCUT2D eigenvalue weighted by Crippen LogP contribution is -2.57. The van der Waals surface area contributed by atoms with Crippen LogP contribution in [0.15, 0.2) is 11.2 Å². The summed E-state index contributed by atoms with van der Waals surface area (Å²) in [4.78, 5) is 37.1. The van der Waals surface area contributed by atoms with Gasteiger partial charge in [0.25, 0.3) is 0 Å². The zero-order valence-electron chi connectivity index (χ0n) is 18.3. The molecule has 0 aliphatic carbocycles. The third-order valence-corrected chi connectivity index (χ3v) is 5.76. The Morgan fingerprint density at radius 1 is 1.30 bits per heavy atom. The number of hydrogen-bond donors (Lipinski definition) is 2. The van der Waals surface area contributed by atoms with Gasteiger partial charge in [0.05, 0.1) is 5.75 Å². The predicted octanol–water partition coefficient (Wildman–Crippen LogP) is 3.16. The Balaban J connectivity index is 1.92. The smallest absolute Gasteiger partial charge is 0.317 e. The Morgan fingerprint density at radius 3 is 2.73 bits per heavy atom. The Bertz CT molecular complexity index is 721. The number of nitrogens with one attached hydrogen (secondary N) is 2. The van der Waals surface area contributed by atoms with Gasteiger partial charge in [-0.3, -0.25) is 4.79 Å². The lowest BCUT2D eigenvalue weighted by molar-refractivity contribution is -0.118. The predicted molar refractivity (Wildman–Crippen MR) is 122 cm³/mol. The standard InChI is InChI=1S/C20H33ClN6O2S/c1-5-6-7-8-22-18(28)13-30-19-24-16(21)11-17(25-19)26-9-10-27(15(4)12-26)20(29)23-14(2)3/h11,14-15H,5-10,12-13H2,1-4H3,(H,22,28)(H,23,29). The molecule has 1 unspecified atom stereocenters. The van der Waals surface area contributed by atoms with Crippen molar-refractivity contribution in [2.45, 2.75) is 64.2 Å². The largest absolute Gasteiger partial charge is 0.355 e. The second-order valence-electron chi connectivity index (χ2n) is 7.77. The lowest BCUT2D eigenvalue weighted by Gasteiger charge is -2.40. The SMILES string of the molecule is CCCCCNC(=O)CSc1nc(Cl)cc(N2CCN(C(=O)NC(C)C)C(C)C2)n1. The number of carbonyl (C=O) groups is 2. The van der Waals surface area contributed by atoms with Crippen molar-refractivity contribution in [1.82, 2.24) is 25.5 Å². The first-order valence-corrected chi connectivity index (χ1v) is 11.9. The Kier molecular flexibility index (Phi) is 9.97. The van der Waals surface area contributed by atoms with E-state index in [1.165, 1.54) is 11.8 Å². The third-order valence-electron chi connectivity index (χ3n) is 4.72. The molecule has 2 N–H and O–H groups in total. The topological polar surface area (TPSA) is 90.5 Å². The van der Waals surface area contributed by atoms with E-state index in [-0.39, 0.29) is 29.8 Å². The van der Waals surface area contributed by atoms with Crippen LogP contribution in [0.25, 0.3) is 0 Å². The number of piperazine rings is 1. The molecule has 3 amide bonds. The fourth-order valence-electron chi connectivity index (χ4n) is 3.19. The minimum absolute atomic E-state index is 0.0281. The van der Waals surface area contributed by atoms with Crippen LogP contribution in [-0.2, 0) is 4.79 Å². The van der Waals surface area contributed by atoms with Crippen molar-refractivity contribution in [2.24, 2.45) is 0 Å². The van der Waals surface area contributed by atoms with E-state index in [1.54, 1.807) is 6.07 Å². The van der Waals surface area contributed by atoms with Crippen LogP contribution < -0.4 is 15.5 Å². The first-order valence-electron chi connectivity index (χ1n) is 10.6. The van der Waals surface area contributed by atoms with E-state index in [4.69, 9.17) is 11.6 Å². The van der Waals surface area contributed by atoms with Gasteiger partial charge in [-0.25, -0.2) is 14.8 Å². The van der Waals surface area contributed by atoms with Crippen molar-refractivity contribution in [2.75, 3.05) is 36.8 Å². The molecule has 2 rings (SSSR count). The summed E-state index contributed by atoms with van der Waals surface area (Å²) in [7, 11) is 0. The molecule has 168 valence electrons. The molecule has 30 heavy (non-hydrogen) atoms. The number of halogens is 1. The van der Waals surface area contributed by atoms with E-state index in [2.05, 4.69) is 32.4 Å². The molecule has 1 fully saturated rings. The summed E-state index contributed by atoms with van der Waals surface area (Å²) < 4.78 is 0. The minimum atomic E-state index is -0.0425. The monoisotopic (exact) mass is 456 g/mol. The van der Waals surface area contributed by atoms with E-state index in [0.717, 1.165) is 25.1 Å². The van der Waals surface area contributed by atoms with E-state index in [0.29, 0.717) is 36.5 Å². The highest BCUT2D eigenvalue weighted by molar-refractivity contribution is 7.99. The number of amides is 3. The maximum absolute atomic E-state index is 12.3. The number of aromatic nitrogens is 2. The zero-order chi connectivity index (χ0) is 22.1. The molecule has 1 aliphatic rings. The van der Waals surface area contributed by atoms with Gasteiger partial charge in [-0.15, -0.1) is 0 Å². The third kappa shape index (κ3) is 7.83. The van der Waals surface area contributed by atoms with Gasteiger partial charge in [0.1, 0.15) is 11.0 Å². The van der Waals surface area contributed by atoms with Gasteiger partial charge in [-0.05, 0) is 27.2 Å². The summed E-state index contributed by atoms with van der Waals surface area (Å²) in [5.74, 6) is 0.946. The highest BCUT2D eigenvalue weighted by atomic mass is 35.5. The Morgan fingerprint density at radius 2 is 2.07 bits per heavy atom. The maximum Gasteiger partial charge on any atom is 0.317 e. The van der Waals surface area contributed by atoms with Gasteiger partial charge in [0.2, 0.25) is 5.91 Å². The van der Waals surface area contributed by atoms with Crippen LogP contribution in [0.3, 0.4) is 0 Å². The first kappa shape index (κ1) is 24.5. The van der Waals surface area contributed by atoms with Crippen molar-refractivity contribution in [3.05, 3.63) is 11.2 Å². The van der Waals surface area contributed by atoms with Crippen LogP contribution in [0, 0.1) is 0 Å². The number of rotatable bonds is 9. The Hall–Kier alpha value is -1.74. The molecular formula is C20H33ClN6O2S. The second kappa shape index (κ2) is 12.2. The molecule has 1 aromatic heterocycles. The maximum atomic E-state index is 12.3. The number of urea groups is 1. The highest BCUT2D eigenvalue weighted by Gasteiger charge is 2.28. The van der Waals surface area contributed by atoms with Crippen LogP contribution in [0.4, 0.5) is 10.6 Å². The van der Waals surface area contributed by atoms with E-state index >= 15 is 0 Å². The average molecular weight is 457 g/mol. The molecule has 0 spiro atoms. The van der Waals surface area contributed by atoms with Gasteiger partial charge >= 0.3 is 6.03 Å². The lowest BCUT2D eigenvalue weighted by atomic mass is 10.2. The molecule has 1 aliphatic heterocycles. The van der Waals surface area contributed by atoms with Crippen molar-refractivity contribution in [3.8, 4) is 0 Å². The molecule has 1 atom stereocenters. The second-order valence-corrected chi connectivity index (χ2v) is 9.10. The normalized spacial score (nSPS) is 16.7. The van der Waals surface area contributed by atoms with Crippen molar-refractivity contribution in [1.29, 1.82) is 0 Å². The van der Waals surface area contributed by atoms with Crippen molar-refractivity contribution < 1.29 is 9.59 Å². The molecule has 8 nitrogen and oxygen atoms in total. The average Bonchev–Trinajstić information content (AvgIpc) is 2.68. The summed E-state index contributed by atoms with van der Waals surface area (Å²) in [6.45, 7) is 10.7. The molecule has 0 radical (unpaired) electrons. The highest BCUT2D eigenvalue weighted by Crippen LogP contribution is 2.24. The van der Waals surface area contributed by atoms with Gasteiger partial charge in [0, 0.05) is 44.3 Å². The summed E-state index contributed by atoms with van der Waals surface area (Å²) in [5.41, 5.74) is 0. The molecule has 1 aromatic rings. The van der Waals surface area contributed by atoms with Crippen LogP contribution in [0.1, 0.15) is 47.0 Å². The number of hydrogen-bond acceptors (Lipinski definition) is 6. The number of anilines is 1. The molecular weight excluding hydrogens is 424 g/mol. The zero-order valence-corrected chi connectivity index (χ0v) is 19.9. The molecule has 2 heterocycles. The molecule has 1 saturated heterocycles. The van der Waals surface area contributed by atoms with Gasteiger partial charge in [-0.2, -0.15) is 0 Å². The fraction of sp³-hybridized carbons (Fsp3) is 0.700. The Labute approximate surface area is 188 Å². The number of unbranched alkanes of at least 4 members (excludes halogenated alkanes) is 2. The number of carbonyl (C=O) groups excluding carboxylic acids is 2. The molecule has 10 heteroatoms. The molecule has 0 bridgehead atoms. The van der Waals surface area contributed by atoms with Crippen LogP contribution in [0.2, 0.25) is 5.15 Å². The van der Waals surface area contributed by atoms with Crippen molar-refractivity contribution in [3.63, 3.8) is 0 Å². The summed E-state index contributed by atoms with van der Waals surface area (Å²) >= 11 is 7.49. The number of thioether (sulfide) groups is 1. The minimum Gasteiger partial charge on any atom is -0.355 e. The number of nitrogens with zero attached hydrogens (tertiary/aromatic N) is 4.